The summed E-state index contributed by atoms with van der Waals surface area (Å²) >= 11 is 7.34. The topological polar surface area (TPSA) is 89.0 Å². The molecule has 0 atom stereocenters. The van der Waals surface area contributed by atoms with E-state index in [2.05, 4.69) is 10.3 Å². The zero-order valence-corrected chi connectivity index (χ0v) is 19.1. The average molecular weight is 469 g/mol. The molecule has 1 amide bonds. The molecule has 32 heavy (non-hydrogen) atoms. The maximum Gasteiger partial charge on any atom is 0.278 e. The first-order valence-electron chi connectivity index (χ1n) is 9.95. The number of nitrogens with one attached hydrogen (secondary N) is 2. The van der Waals surface area contributed by atoms with Gasteiger partial charge >= 0.3 is 0 Å². The summed E-state index contributed by atoms with van der Waals surface area (Å²) in [4.78, 5) is 33.3. The first-order valence-corrected chi connectivity index (χ1v) is 11.3. The number of aromatic amines is 1. The van der Waals surface area contributed by atoms with Crippen molar-refractivity contribution in [3.05, 3.63) is 70.1 Å². The van der Waals surface area contributed by atoms with E-state index in [9.17, 15) is 9.59 Å². The number of hydrogen-bond donors (Lipinski definition) is 2. The molecule has 0 aliphatic rings. The Morgan fingerprint density at radius 2 is 2.03 bits per heavy atom. The van der Waals surface area contributed by atoms with Crippen molar-refractivity contribution < 1.29 is 9.53 Å². The SMILES string of the molecule is CCn1c(SCC(=O)Nc2ccc(OC)c(Cl)c2)nc2c(-c3ccccc3)c[nH]c2c1=O. The van der Waals surface area contributed by atoms with Crippen LogP contribution in [0, 0.1) is 0 Å². The molecule has 2 N–H and O–H groups in total. The average Bonchev–Trinajstić information content (AvgIpc) is 3.23. The summed E-state index contributed by atoms with van der Waals surface area (Å²) in [5.41, 5.74) is 3.26. The summed E-state index contributed by atoms with van der Waals surface area (Å²) in [6, 6.07) is 14.8. The number of halogens is 1. The number of hydrogen-bond acceptors (Lipinski definition) is 5. The number of nitrogens with zero attached hydrogens (tertiary/aromatic N) is 2. The van der Waals surface area contributed by atoms with Crippen LogP contribution in [0.5, 0.6) is 5.75 Å². The number of ether oxygens (including phenoxy) is 1. The maximum atomic E-state index is 13.0. The zero-order chi connectivity index (χ0) is 22.7. The van der Waals surface area contributed by atoms with E-state index < -0.39 is 0 Å². The third-order valence-electron chi connectivity index (χ3n) is 4.92. The van der Waals surface area contributed by atoms with Crippen LogP contribution in [-0.4, -0.2) is 33.3 Å². The first kappa shape index (κ1) is 22.0. The second-order valence-electron chi connectivity index (χ2n) is 6.92. The second-order valence-corrected chi connectivity index (χ2v) is 8.27. The highest BCUT2D eigenvalue weighted by molar-refractivity contribution is 7.99. The van der Waals surface area contributed by atoms with Crippen LogP contribution in [0.15, 0.2) is 64.7 Å². The van der Waals surface area contributed by atoms with Crippen molar-refractivity contribution in [3.8, 4) is 16.9 Å². The van der Waals surface area contributed by atoms with Gasteiger partial charge in [0.2, 0.25) is 5.91 Å². The smallest absolute Gasteiger partial charge is 0.278 e. The highest BCUT2D eigenvalue weighted by Crippen LogP contribution is 2.29. The van der Waals surface area contributed by atoms with Gasteiger partial charge in [0.15, 0.2) is 5.16 Å². The highest BCUT2D eigenvalue weighted by Gasteiger charge is 2.17. The van der Waals surface area contributed by atoms with Gasteiger partial charge < -0.3 is 15.0 Å². The van der Waals surface area contributed by atoms with E-state index >= 15 is 0 Å². The third-order valence-corrected chi connectivity index (χ3v) is 6.19. The molecule has 164 valence electrons. The minimum atomic E-state index is -0.231. The number of H-pyrrole nitrogens is 1. The molecular weight excluding hydrogens is 448 g/mol. The fourth-order valence-electron chi connectivity index (χ4n) is 3.37. The second kappa shape index (κ2) is 9.50. The number of fused-ring (bicyclic) bond motifs is 1. The molecule has 9 heteroatoms. The number of benzene rings is 2. The molecule has 0 radical (unpaired) electrons. The van der Waals surface area contributed by atoms with Crippen molar-refractivity contribution in [2.45, 2.75) is 18.6 Å². The molecule has 0 aliphatic carbocycles. The highest BCUT2D eigenvalue weighted by atomic mass is 35.5. The Kier molecular flexibility index (Phi) is 6.53. The molecule has 0 saturated heterocycles. The van der Waals surface area contributed by atoms with Gasteiger partial charge in [-0.2, -0.15) is 0 Å². The summed E-state index contributed by atoms with van der Waals surface area (Å²) in [7, 11) is 1.53. The van der Waals surface area contributed by atoms with Crippen LogP contribution < -0.4 is 15.6 Å². The van der Waals surface area contributed by atoms with Gasteiger partial charge in [0.1, 0.15) is 16.8 Å². The van der Waals surface area contributed by atoms with Crippen molar-refractivity contribution in [3.63, 3.8) is 0 Å². The van der Waals surface area contributed by atoms with Crippen LogP contribution >= 0.6 is 23.4 Å². The molecule has 4 rings (SSSR count). The number of thioether (sulfide) groups is 1. The Bertz CT molecular complexity index is 1330. The predicted molar refractivity (Wildman–Crippen MR) is 129 cm³/mol. The van der Waals surface area contributed by atoms with Crippen molar-refractivity contribution in [1.82, 2.24) is 14.5 Å². The van der Waals surface area contributed by atoms with Gasteiger partial charge in [-0.3, -0.25) is 14.2 Å². The van der Waals surface area contributed by atoms with E-state index in [4.69, 9.17) is 21.3 Å². The lowest BCUT2D eigenvalue weighted by Gasteiger charge is -2.11. The molecule has 2 heterocycles. The Labute approximate surface area is 193 Å². The fraction of sp³-hybridized carbons (Fsp3) is 0.174. The van der Waals surface area contributed by atoms with Crippen molar-refractivity contribution in [2.75, 3.05) is 18.2 Å². The Morgan fingerprint density at radius 3 is 2.72 bits per heavy atom. The molecular formula is C23H21ClN4O3S. The van der Waals surface area contributed by atoms with Crippen LogP contribution in [0.1, 0.15) is 6.92 Å². The Hall–Kier alpha value is -3.23. The van der Waals surface area contributed by atoms with E-state index in [1.165, 1.54) is 18.9 Å². The van der Waals surface area contributed by atoms with Gasteiger partial charge in [-0.15, -0.1) is 0 Å². The number of anilines is 1. The van der Waals surface area contributed by atoms with E-state index in [-0.39, 0.29) is 17.2 Å². The number of carbonyl (C=O) groups is 1. The van der Waals surface area contributed by atoms with Gasteiger partial charge in [0, 0.05) is 24.0 Å². The van der Waals surface area contributed by atoms with Gasteiger partial charge in [0.05, 0.1) is 17.9 Å². The van der Waals surface area contributed by atoms with Gasteiger partial charge in [-0.05, 0) is 30.7 Å². The van der Waals surface area contributed by atoms with E-state index in [1.807, 2.05) is 37.3 Å². The van der Waals surface area contributed by atoms with Crippen LogP contribution in [0.3, 0.4) is 0 Å². The van der Waals surface area contributed by atoms with Crippen LogP contribution in [0.2, 0.25) is 5.02 Å². The number of aromatic nitrogens is 3. The molecule has 0 fully saturated rings. The molecule has 0 saturated carbocycles. The molecule has 0 aliphatic heterocycles. The normalized spacial score (nSPS) is 11.0. The summed E-state index contributed by atoms with van der Waals surface area (Å²) in [6.07, 6.45) is 1.79. The van der Waals surface area contributed by atoms with Gasteiger partial charge in [0.25, 0.3) is 5.56 Å². The van der Waals surface area contributed by atoms with Crippen molar-refractivity contribution in [1.29, 1.82) is 0 Å². The van der Waals surface area contributed by atoms with E-state index in [1.54, 1.807) is 29.0 Å². The monoisotopic (exact) mass is 468 g/mol. The van der Waals surface area contributed by atoms with Gasteiger partial charge in [-0.25, -0.2) is 4.98 Å². The van der Waals surface area contributed by atoms with Crippen LogP contribution in [0.25, 0.3) is 22.2 Å². The number of amides is 1. The summed E-state index contributed by atoms with van der Waals surface area (Å²) in [5.74, 6) is 0.391. The first-order chi connectivity index (χ1) is 15.5. The predicted octanol–water partition coefficient (Wildman–Crippen LogP) is 4.80. The third kappa shape index (κ3) is 4.37. The minimum absolute atomic E-state index is 0.0900. The molecule has 2 aromatic carbocycles. The van der Waals surface area contributed by atoms with Gasteiger partial charge in [-0.1, -0.05) is 53.7 Å². The summed E-state index contributed by atoms with van der Waals surface area (Å²) in [5, 5.41) is 3.70. The number of rotatable bonds is 7. The molecule has 4 aromatic rings. The quantitative estimate of drug-likeness (QED) is 0.300. The lowest BCUT2D eigenvalue weighted by atomic mass is 10.1. The van der Waals surface area contributed by atoms with E-state index in [0.29, 0.717) is 39.2 Å². The summed E-state index contributed by atoms with van der Waals surface area (Å²) in [6.45, 7) is 2.32. The Morgan fingerprint density at radius 1 is 1.25 bits per heavy atom. The molecule has 0 bridgehead atoms. The summed E-state index contributed by atoms with van der Waals surface area (Å²) < 4.78 is 6.69. The van der Waals surface area contributed by atoms with Crippen molar-refractivity contribution in [2.24, 2.45) is 0 Å². The van der Waals surface area contributed by atoms with Crippen LogP contribution in [0.4, 0.5) is 5.69 Å². The lowest BCUT2D eigenvalue weighted by Crippen LogP contribution is -2.23. The zero-order valence-electron chi connectivity index (χ0n) is 17.5. The molecule has 0 unspecified atom stereocenters. The Balaban J connectivity index is 1.59. The standard InChI is InChI=1S/C23H21ClN4O3S/c1-3-28-22(30)21-20(16(12-25-21)14-7-5-4-6-8-14)27-23(28)32-13-19(29)26-15-9-10-18(31-2)17(24)11-15/h4-12,25H,3,13H2,1-2H3,(H,26,29). The van der Waals surface area contributed by atoms with E-state index in [0.717, 1.165) is 11.1 Å². The van der Waals surface area contributed by atoms with Crippen molar-refractivity contribution >= 4 is 46.0 Å². The molecule has 2 aromatic heterocycles. The van der Waals surface area contributed by atoms with Crippen LogP contribution in [-0.2, 0) is 11.3 Å². The minimum Gasteiger partial charge on any atom is -0.495 e. The lowest BCUT2D eigenvalue weighted by molar-refractivity contribution is -0.113. The largest absolute Gasteiger partial charge is 0.495 e. The maximum absolute atomic E-state index is 13.0. The number of carbonyl (C=O) groups excluding carboxylic acids is 1. The fourth-order valence-corrected chi connectivity index (χ4v) is 4.48. The number of methoxy groups -OCH3 is 1. The molecule has 0 spiro atoms. The molecule has 7 nitrogen and oxygen atoms in total.